The zero-order chi connectivity index (χ0) is 20.8. The zero-order valence-corrected chi connectivity index (χ0v) is 16.4. The Morgan fingerprint density at radius 2 is 2.17 bits per heavy atom. The van der Waals surface area contributed by atoms with Crippen LogP contribution in [0.15, 0.2) is 52.7 Å². The molecule has 0 aromatic heterocycles. The Balaban J connectivity index is 1.69. The number of carboxylic acids is 1. The predicted octanol–water partition coefficient (Wildman–Crippen LogP) is 3.45. The molecule has 0 radical (unpaired) electrons. The molecule has 0 bridgehead atoms. The molecule has 0 aliphatic carbocycles. The first kappa shape index (κ1) is 20.8. The van der Waals surface area contributed by atoms with Crippen molar-refractivity contribution in [2.75, 3.05) is 0 Å². The van der Waals surface area contributed by atoms with Gasteiger partial charge in [0.15, 0.2) is 5.17 Å². The molecule has 7 nitrogen and oxygen atoms in total. The number of thioether (sulfide) groups is 1. The van der Waals surface area contributed by atoms with Crippen molar-refractivity contribution in [3.63, 3.8) is 0 Å². The summed E-state index contributed by atoms with van der Waals surface area (Å²) in [5.41, 5.74) is 1.30. The van der Waals surface area contributed by atoms with E-state index in [1.54, 1.807) is 18.2 Å². The number of carbonyl (C=O) groups excluding carboxylic acids is 1. The highest BCUT2D eigenvalue weighted by Gasteiger charge is 2.32. The maximum atomic E-state index is 13.6. The molecule has 2 aromatic rings. The van der Waals surface area contributed by atoms with Gasteiger partial charge in [0.1, 0.15) is 23.4 Å². The van der Waals surface area contributed by atoms with Gasteiger partial charge in [0.2, 0.25) is 5.91 Å². The normalized spacial score (nSPS) is 17.7. The molecule has 1 aliphatic heterocycles. The summed E-state index contributed by atoms with van der Waals surface area (Å²) in [5.74, 6) is -1.71. The molecule has 1 saturated heterocycles. The maximum Gasteiger partial charge on any atom is 0.305 e. The van der Waals surface area contributed by atoms with Gasteiger partial charge in [0, 0.05) is 16.7 Å². The molecule has 29 heavy (non-hydrogen) atoms. The summed E-state index contributed by atoms with van der Waals surface area (Å²) in [6.07, 6.45) is 1.05. The summed E-state index contributed by atoms with van der Waals surface area (Å²) in [6.45, 7) is 0.183. The number of nitrogens with zero attached hydrogens (tertiary/aromatic N) is 2. The predicted molar refractivity (Wildman–Crippen MR) is 109 cm³/mol. The van der Waals surface area contributed by atoms with Crippen LogP contribution in [0, 0.1) is 5.82 Å². The standard InChI is InChI=1S/C19H15ClFN3O4S/c20-13-3-1-2-11(6-13)10-28-15-7-14(21)5-4-12(15)9-22-24-19-23-18(27)16(29-19)8-17(25)26/h1-7,9,16H,8,10H2,(H,25,26)(H,23,24,27). The molecule has 1 heterocycles. The van der Waals surface area contributed by atoms with Crippen LogP contribution in [0.1, 0.15) is 17.5 Å². The number of hydrogen-bond acceptors (Lipinski definition) is 6. The second-order valence-electron chi connectivity index (χ2n) is 5.94. The van der Waals surface area contributed by atoms with Crippen LogP contribution in [-0.4, -0.2) is 33.6 Å². The molecule has 0 spiro atoms. The lowest BCUT2D eigenvalue weighted by Gasteiger charge is -2.09. The monoisotopic (exact) mass is 435 g/mol. The van der Waals surface area contributed by atoms with Crippen molar-refractivity contribution in [1.29, 1.82) is 0 Å². The van der Waals surface area contributed by atoms with Crippen LogP contribution in [0.3, 0.4) is 0 Å². The molecule has 1 fully saturated rings. The molecular formula is C19H15ClFN3O4S. The van der Waals surface area contributed by atoms with E-state index in [1.807, 2.05) is 6.07 Å². The molecule has 10 heteroatoms. The Morgan fingerprint density at radius 1 is 1.34 bits per heavy atom. The number of halogens is 2. The van der Waals surface area contributed by atoms with E-state index < -0.39 is 22.9 Å². The second kappa shape index (κ2) is 9.53. The Hall–Kier alpha value is -2.91. The van der Waals surface area contributed by atoms with Crippen molar-refractivity contribution in [2.24, 2.45) is 10.2 Å². The summed E-state index contributed by atoms with van der Waals surface area (Å²) in [7, 11) is 0. The number of amidine groups is 1. The fourth-order valence-corrected chi connectivity index (χ4v) is 3.54. The minimum Gasteiger partial charge on any atom is -0.488 e. The molecular weight excluding hydrogens is 421 g/mol. The van der Waals surface area contributed by atoms with Gasteiger partial charge in [-0.3, -0.25) is 9.59 Å². The third-order valence-corrected chi connectivity index (χ3v) is 5.05. The number of ether oxygens (including phenoxy) is 1. The topological polar surface area (TPSA) is 100 Å². The molecule has 2 aromatic carbocycles. The van der Waals surface area contributed by atoms with Crippen molar-refractivity contribution >= 4 is 46.6 Å². The maximum absolute atomic E-state index is 13.6. The minimum absolute atomic E-state index is 0.183. The molecule has 1 aliphatic rings. The SMILES string of the molecule is O=C(O)CC1SC(=NN=Cc2ccc(F)cc2OCc2cccc(Cl)c2)NC1=O. The number of carbonyl (C=O) groups is 2. The van der Waals surface area contributed by atoms with Crippen molar-refractivity contribution < 1.29 is 23.8 Å². The van der Waals surface area contributed by atoms with Crippen LogP contribution in [-0.2, 0) is 16.2 Å². The minimum atomic E-state index is -1.07. The van der Waals surface area contributed by atoms with Gasteiger partial charge in [-0.15, -0.1) is 5.10 Å². The number of amides is 1. The number of rotatable bonds is 7. The lowest BCUT2D eigenvalue weighted by molar-refractivity contribution is -0.138. The third-order valence-electron chi connectivity index (χ3n) is 3.74. The van der Waals surface area contributed by atoms with Gasteiger partial charge in [0.25, 0.3) is 0 Å². The summed E-state index contributed by atoms with van der Waals surface area (Å²) in [5, 5.41) is 19.0. The Labute approximate surface area is 174 Å². The van der Waals surface area contributed by atoms with E-state index in [4.69, 9.17) is 21.4 Å². The number of hydrogen-bond donors (Lipinski definition) is 2. The van der Waals surface area contributed by atoms with Gasteiger partial charge in [-0.2, -0.15) is 5.10 Å². The number of benzene rings is 2. The highest BCUT2D eigenvalue weighted by atomic mass is 35.5. The van der Waals surface area contributed by atoms with E-state index in [-0.39, 0.29) is 23.9 Å². The van der Waals surface area contributed by atoms with Crippen molar-refractivity contribution in [1.82, 2.24) is 5.32 Å². The molecule has 1 atom stereocenters. The molecule has 150 valence electrons. The smallest absolute Gasteiger partial charge is 0.305 e. The number of carboxylic acid groups (broad SMARTS) is 1. The Bertz CT molecular complexity index is 999. The van der Waals surface area contributed by atoms with E-state index >= 15 is 0 Å². The van der Waals surface area contributed by atoms with E-state index in [2.05, 4.69) is 15.5 Å². The van der Waals surface area contributed by atoms with Crippen molar-refractivity contribution in [3.05, 3.63) is 64.4 Å². The lowest BCUT2D eigenvalue weighted by Crippen LogP contribution is -2.26. The summed E-state index contributed by atoms with van der Waals surface area (Å²) in [4.78, 5) is 22.4. The van der Waals surface area contributed by atoms with Crippen LogP contribution >= 0.6 is 23.4 Å². The molecule has 1 amide bonds. The summed E-state index contributed by atoms with van der Waals surface area (Å²) in [6, 6.07) is 11.1. The Kier molecular flexibility index (Phi) is 6.84. The number of nitrogens with one attached hydrogen (secondary N) is 1. The van der Waals surface area contributed by atoms with E-state index in [9.17, 15) is 14.0 Å². The van der Waals surface area contributed by atoms with Gasteiger partial charge in [-0.1, -0.05) is 35.5 Å². The van der Waals surface area contributed by atoms with Crippen LogP contribution in [0.2, 0.25) is 5.02 Å². The molecule has 0 saturated carbocycles. The molecule has 1 unspecified atom stereocenters. The van der Waals surface area contributed by atoms with Crippen molar-refractivity contribution in [3.8, 4) is 5.75 Å². The average molecular weight is 436 g/mol. The number of aliphatic carboxylic acids is 1. The van der Waals surface area contributed by atoms with E-state index in [1.165, 1.54) is 24.4 Å². The Morgan fingerprint density at radius 3 is 2.93 bits per heavy atom. The van der Waals surface area contributed by atoms with Crippen LogP contribution in [0.4, 0.5) is 4.39 Å². The highest BCUT2D eigenvalue weighted by molar-refractivity contribution is 8.15. The van der Waals surface area contributed by atoms with Crippen molar-refractivity contribution in [2.45, 2.75) is 18.3 Å². The van der Waals surface area contributed by atoms with Crippen LogP contribution < -0.4 is 10.1 Å². The second-order valence-corrected chi connectivity index (χ2v) is 7.57. The third kappa shape index (κ3) is 6.03. The molecule has 2 N–H and O–H groups in total. The average Bonchev–Trinajstić information content (AvgIpc) is 3.00. The first-order chi connectivity index (χ1) is 13.9. The van der Waals surface area contributed by atoms with E-state index in [0.29, 0.717) is 10.6 Å². The lowest BCUT2D eigenvalue weighted by atomic mass is 10.2. The fourth-order valence-electron chi connectivity index (χ4n) is 2.42. The first-order valence-corrected chi connectivity index (χ1v) is 9.63. The van der Waals surface area contributed by atoms with Crippen LogP contribution in [0.5, 0.6) is 5.75 Å². The quantitative estimate of drug-likeness (QED) is 0.512. The van der Waals surface area contributed by atoms with Crippen LogP contribution in [0.25, 0.3) is 0 Å². The summed E-state index contributed by atoms with van der Waals surface area (Å²) < 4.78 is 19.3. The molecule has 3 rings (SSSR count). The summed E-state index contributed by atoms with van der Waals surface area (Å²) >= 11 is 6.94. The van der Waals surface area contributed by atoms with Gasteiger partial charge in [-0.25, -0.2) is 4.39 Å². The van der Waals surface area contributed by atoms with Gasteiger partial charge in [0.05, 0.1) is 12.6 Å². The largest absolute Gasteiger partial charge is 0.488 e. The fraction of sp³-hybridized carbons (Fsp3) is 0.158. The first-order valence-electron chi connectivity index (χ1n) is 8.38. The van der Waals surface area contributed by atoms with E-state index in [0.717, 1.165) is 17.3 Å². The van der Waals surface area contributed by atoms with Gasteiger partial charge in [-0.05, 0) is 29.8 Å². The van der Waals surface area contributed by atoms with Gasteiger partial charge >= 0.3 is 5.97 Å². The highest BCUT2D eigenvalue weighted by Crippen LogP contribution is 2.23. The van der Waals surface area contributed by atoms with Gasteiger partial charge < -0.3 is 15.2 Å². The zero-order valence-electron chi connectivity index (χ0n) is 14.8.